The number of ether oxygens (including phenoxy) is 1. The van der Waals surface area contributed by atoms with E-state index in [4.69, 9.17) is 4.74 Å². The van der Waals surface area contributed by atoms with Gasteiger partial charge in [-0.1, -0.05) is 6.92 Å². The highest BCUT2D eigenvalue weighted by Gasteiger charge is 2.30. The minimum atomic E-state index is -0.0223. The van der Waals surface area contributed by atoms with E-state index in [0.29, 0.717) is 6.54 Å². The first-order chi connectivity index (χ1) is 10.3. The maximum Gasteiger partial charge on any atom is 0.253 e. The summed E-state index contributed by atoms with van der Waals surface area (Å²) in [5.74, 6) is 0.265. The maximum atomic E-state index is 12.2. The molecule has 0 saturated carbocycles. The lowest BCUT2D eigenvalue weighted by atomic mass is 9.97. The topological polar surface area (TPSA) is 82.8 Å². The summed E-state index contributed by atoms with van der Waals surface area (Å²) < 4.78 is 5.76. The van der Waals surface area contributed by atoms with Gasteiger partial charge >= 0.3 is 0 Å². The Morgan fingerprint density at radius 1 is 1.57 bits per heavy atom. The lowest BCUT2D eigenvalue weighted by Gasteiger charge is -2.17. The molecular weight excluding hydrogens is 268 g/mol. The van der Waals surface area contributed by atoms with Crippen LogP contribution in [0.5, 0.6) is 0 Å². The third-order valence-corrected chi connectivity index (χ3v) is 4.02. The number of nitrogens with zero attached hydrogens (tertiary/aromatic N) is 1. The third kappa shape index (κ3) is 2.85. The number of aromatic amines is 2. The molecule has 1 aliphatic heterocycles. The van der Waals surface area contributed by atoms with Crippen LogP contribution in [0.15, 0.2) is 24.7 Å². The van der Waals surface area contributed by atoms with Gasteiger partial charge in [0.1, 0.15) is 0 Å². The second kappa shape index (κ2) is 6.13. The predicted molar refractivity (Wildman–Crippen MR) is 77.9 cm³/mol. The summed E-state index contributed by atoms with van der Waals surface area (Å²) in [6.45, 7) is 3.37. The Hall–Kier alpha value is -2.08. The van der Waals surface area contributed by atoms with Gasteiger partial charge in [0.25, 0.3) is 5.91 Å². The largest absolute Gasteiger partial charge is 0.373 e. The van der Waals surface area contributed by atoms with E-state index in [2.05, 4.69) is 20.5 Å². The van der Waals surface area contributed by atoms with Gasteiger partial charge in [0.05, 0.1) is 17.9 Å². The molecule has 0 radical (unpaired) electrons. The van der Waals surface area contributed by atoms with Crippen LogP contribution in [0, 0.1) is 5.92 Å². The number of aryl methyl sites for hydroxylation is 1. The van der Waals surface area contributed by atoms with Gasteiger partial charge in [-0.15, -0.1) is 0 Å². The molecule has 1 saturated heterocycles. The Bertz CT molecular complexity index is 591. The van der Waals surface area contributed by atoms with E-state index < -0.39 is 0 Å². The quantitative estimate of drug-likeness (QED) is 0.784. The van der Waals surface area contributed by atoms with E-state index in [1.165, 1.54) is 0 Å². The van der Waals surface area contributed by atoms with Crippen molar-refractivity contribution in [1.29, 1.82) is 0 Å². The van der Waals surface area contributed by atoms with Gasteiger partial charge in [-0.2, -0.15) is 5.10 Å². The van der Waals surface area contributed by atoms with Gasteiger partial charge in [0.15, 0.2) is 0 Å². The lowest BCUT2D eigenvalue weighted by Crippen LogP contribution is -2.30. The monoisotopic (exact) mass is 288 g/mol. The van der Waals surface area contributed by atoms with Crippen molar-refractivity contribution in [3.63, 3.8) is 0 Å². The van der Waals surface area contributed by atoms with Crippen molar-refractivity contribution in [1.82, 2.24) is 20.5 Å². The van der Waals surface area contributed by atoms with Gasteiger partial charge < -0.3 is 15.0 Å². The molecule has 2 aromatic heterocycles. The average Bonchev–Trinajstić information content (AvgIpc) is 3.23. The second-order valence-corrected chi connectivity index (χ2v) is 5.31. The van der Waals surface area contributed by atoms with Crippen LogP contribution in [-0.4, -0.2) is 34.2 Å². The maximum absolute atomic E-state index is 12.2. The van der Waals surface area contributed by atoms with E-state index in [1.54, 1.807) is 12.4 Å². The summed E-state index contributed by atoms with van der Waals surface area (Å²) in [5, 5.41) is 9.80. The van der Waals surface area contributed by atoms with Crippen molar-refractivity contribution in [2.45, 2.75) is 25.9 Å². The number of aromatic nitrogens is 3. The van der Waals surface area contributed by atoms with Crippen molar-refractivity contribution in [2.75, 3.05) is 13.2 Å². The summed E-state index contributed by atoms with van der Waals surface area (Å²) in [7, 11) is 0. The molecule has 6 heteroatoms. The highest BCUT2D eigenvalue weighted by molar-refractivity contribution is 5.95. The van der Waals surface area contributed by atoms with Crippen LogP contribution in [0.2, 0.25) is 0 Å². The number of amides is 1. The number of carbonyl (C=O) groups is 1. The Labute approximate surface area is 123 Å². The fraction of sp³-hybridized carbons (Fsp3) is 0.467. The van der Waals surface area contributed by atoms with Crippen LogP contribution in [0.25, 0.3) is 0 Å². The number of hydrogen-bond donors (Lipinski definition) is 3. The van der Waals surface area contributed by atoms with Crippen LogP contribution in [0.1, 0.15) is 41.1 Å². The van der Waals surface area contributed by atoms with E-state index in [9.17, 15) is 4.79 Å². The molecule has 0 aliphatic carbocycles. The first-order valence-corrected chi connectivity index (χ1v) is 7.34. The molecule has 3 heterocycles. The van der Waals surface area contributed by atoms with Crippen LogP contribution in [0.4, 0.5) is 0 Å². The highest BCUT2D eigenvalue weighted by atomic mass is 16.5. The van der Waals surface area contributed by atoms with Gasteiger partial charge in [-0.25, -0.2) is 0 Å². The Morgan fingerprint density at radius 3 is 3.24 bits per heavy atom. The molecule has 0 spiro atoms. The van der Waals surface area contributed by atoms with Crippen molar-refractivity contribution >= 4 is 5.91 Å². The Kier molecular flexibility index (Phi) is 4.06. The molecular formula is C15H20N4O2. The van der Waals surface area contributed by atoms with Crippen molar-refractivity contribution in [2.24, 2.45) is 5.92 Å². The van der Waals surface area contributed by atoms with Crippen molar-refractivity contribution in [3.8, 4) is 0 Å². The summed E-state index contributed by atoms with van der Waals surface area (Å²) >= 11 is 0. The zero-order chi connectivity index (χ0) is 14.7. The van der Waals surface area contributed by atoms with Crippen LogP contribution in [-0.2, 0) is 11.2 Å². The van der Waals surface area contributed by atoms with Crippen molar-refractivity contribution < 1.29 is 9.53 Å². The zero-order valence-electron chi connectivity index (χ0n) is 12.1. The van der Waals surface area contributed by atoms with Gasteiger partial charge in [-0.3, -0.25) is 9.89 Å². The predicted octanol–water partition coefficient (Wildman–Crippen LogP) is 1.81. The number of nitrogens with one attached hydrogen (secondary N) is 3. The summed E-state index contributed by atoms with van der Waals surface area (Å²) in [6.07, 6.45) is 7.23. The van der Waals surface area contributed by atoms with E-state index >= 15 is 0 Å². The molecule has 0 bridgehead atoms. The van der Waals surface area contributed by atoms with Crippen molar-refractivity contribution in [3.05, 3.63) is 41.5 Å². The summed E-state index contributed by atoms with van der Waals surface area (Å²) in [4.78, 5) is 15.3. The SMILES string of the molecule is CCc1[nH]ccc1C(=O)NC[C@H]1CCO[C@@H]1c1cn[nH]c1. The molecule has 6 nitrogen and oxygen atoms in total. The Balaban J connectivity index is 1.61. The van der Waals surface area contributed by atoms with E-state index in [0.717, 1.165) is 36.3 Å². The third-order valence-electron chi connectivity index (χ3n) is 4.02. The molecule has 3 N–H and O–H groups in total. The lowest BCUT2D eigenvalue weighted by molar-refractivity contribution is 0.0846. The standard InChI is InChI=1S/C15H20N4O2/c1-2-13-12(3-5-16-13)15(20)17-7-10-4-6-21-14(10)11-8-18-19-9-11/h3,5,8-10,14,16H,2,4,6-7H2,1H3,(H,17,20)(H,18,19)/t10-,14+/m1/s1. The van der Waals surface area contributed by atoms with Crippen LogP contribution < -0.4 is 5.32 Å². The summed E-state index contributed by atoms with van der Waals surface area (Å²) in [6, 6.07) is 1.83. The minimum absolute atomic E-state index is 0.0147. The summed E-state index contributed by atoms with van der Waals surface area (Å²) in [5.41, 5.74) is 2.75. The molecule has 0 aromatic carbocycles. The number of hydrogen-bond acceptors (Lipinski definition) is 3. The average molecular weight is 288 g/mol. The number of rotatable bonds is 5. The first kappa shape index (κ1) is 13.9. The zero-order valence-corrected chi connectivity index (χ0v) is 12.1. The molecule has 112 valence electrons. The molecule has 21 heavy (non-hydrogen) atoms. The molecule has 2 atom stereocenters. The van der Waals surface area contributed by atoms with E-state index in [-0.39, 0.29) is 17.9 Å². The highest BCUT2D eigenvalue weighted by Crippen LogP contribution is 2.33. The molecule has 1 fully saturated rings. The minimum Gasteiger partial charge on any atom is -0.373 e. The fourth-order valence-corrected chi connectivity index (χ4v) is 2.86. The van der Waals surface area contributed by atoms with Crippen LogP contribution in [0.3, 0.4) is 0 Å². The first-order valence-electron chi connectivity index (χ1n) is 7.34. The molecule has 3 rings (SSSR count). The smallest absolute Gasteiger partial charge is 0.253 e. The van der Waals surface area contributed by atoms with Gasteiger partial charge in [-0.05, 0) is 18.9 Å². The molecule has 0 unspecified atom stereocenters. The second-order valence-electron chi connectivity index (χ2n) is 5.31. The van der Waals surface area contributed by atoms with Gasteiger partial charge in [0.2, 0.25) is 0 Å². The number of H-pyrrole nitrogens is 2. The van der Waals surface area contributed by atoms with Gasteiger partial charge in [0, 0.05) is 42.7 Å². The van der Waals surface area contributed by atoms with E-state index in [1.807, 2.05) is 19.2 Å². The Morgan fingerprint density at radius 2 is 2.48 bits per heavy atom. The normalized spacial score (nSPS) is 21.6. The molecule has 2 aromatic rings. The fourth-order valence-electron chi connectivity index (χ4n) is 2.86. The number of carbonyl (C=O) groups excluding carboxylic acids is 1. The van der Waals surface area contributed by atoms with Crippen LogP contribution >= 0.6 is 0 Å². The molecule has 1 aliphatic rings. The molecule has 1 amide bonds.